The van der Waals surface area contributed by atoms with Crippen molar-refractivity contribution in [2.75, 3.05) is 0 Å². The Hall–Kier alpha value is -4.26. The van der Waals surface area contributed by atoms with Crippen LogP contribution in [0.15, 0.2) is 83.5 Å². The number of ether oxygens (including phenoxy) is 1. The Kier molecular flexibility index (Phi) is 6.36. The SMILES string of the molecule is O=C(CCc1ccc(COc2ccccc2)cc1)c1ncc(-c2cccnc2C(=O)O)o1. The van der Waals surface area contributed by atoms with Crippen molar-refractivity contribution in [2.45, 2.75) is 19.4 Å². The van der Waals surface area contributed by atoms with E-state index in [1.807, 2.05) is 54.6 Å². The van der Waals surface area contributed by atoms with Gasteiger partial charge in [-0.3, -0.25) is 4.79 Å². The number of benzene rings is 2. The number of oxazole rings is 1. The molecule has 0 aliphatic heterocycles. The van der Waals surface area contributed by atoms with Crippen LogP contribution in [-0.2, 0) is 13.0 Å². The first kappa shape index (κ1) is 21.0. The number of aryl methyl sites for hydroxylation is 1. The average Bonchev–Trinajstić information content (AvgIpc) is 3.33. The summed E-state index contributed by atoms with van der Waals surface area (Å²) in [5.41, 5.74) is 2.17. The van der Waals surface area contributed by atoms with Crippen molar-refractivity contribution >= 4 is 11.8 Å². The van der Waals surface area contributed by atoms with Crippen molar-refractivity contribution in [2.24, 2.45) is 0 Å². The maximum atomic E-state index is 12.5. The number of carbonyl (C=O) groups is 2. The molecule has 0 bridgehead atoms. The lowest BCUT2D eigenvalue weighted by Gasteiger charge is -2.07. The summed E-state index contributed by atoms with van der Waals surface area (Å²) in [5, 5.41) is 9.27. The van der Waals surface area contributed by atoms with Crippen molar-refractivity contribution in [1.29, 1.82) is 0 Å². The van der Waals surface area contributed by atoms with Gasteiger partial charge in [-0.05, 0) is 41.8 Å². The normalized spacial score (nSPS) is 10.6. The van der Waals surface area contributed by atoms with E-state index in [2.05, 4.69) is 9.97 Å². The molecule has 2 aromatic carbocycles. The highest BCUT2D eigenvalue weighted by Gasteiger charge is 2.19. The largest absolute Gasteiger partial charge is 0.489 e. The first-order valence-corrected chi connectivity index (χ1v) is 10.0. The monoisotopic (exact) mass is 428 g/mol. The summed E-state index contributed by atoms with van der Waals surface area (Å²) in [4.78, 5) is 31.7. The summed E-state index contributed by atoms with van der Waals surface area (Å²) < 4.78 is 11.3. The second kappa shape index (κ2) is 9.70. The first-order chi connectivity index (χ1) is 15.6. The Morgan fingerprint density at radius 3 is 2.41 bits per heavy atom. The summed E-state index contributed by atoms with van der Waals surface area (Å²) in [6, 6.07) is 20.6. The number of para-hydroxylation sites is 1. The molecule has 160 valence electrons. The zero-order chi connectivity index (χ0) is 22.3. The molecule has 0 aliphatic rings. The molecule has 0 amide bonds. The zero-order valence-electron chi connectivity index (χ0n) is 17.1. The molecule has 2 heterocycles. The lowest BCUT2D eigenvalue weighted by Crippen LogP contribution is -2.02. The van der Waals surface area contributed by atoms with Gasteiger partial charge < -0.3 is 14.3 Å². The van der Waals surface area contributed by atoms with Crippen LogP contribution in [0.5, 0.6) is 5.75 Å². The minimum absolute atomic E-state index is 0.0481. The van der Waals surface area contributed by atoms with Crippen molar-refractivity contribution in [3.8, 4) is 17.1 Å². The molecule has 4 rings (SSSR count). The summed E-state index contributed by atoms with van der Waals surface area (Å²) >= 11 is 0. The Morgan fingerprint density at radius 1 is 0.906 bits per heavy atom. The van der Waals surface area contributed by atoms with Gasteiger partial charge in [-0.25, -0.2) is 14.8 Å². The third kappa shape index (κ3) is 5.07. The Labute approximate surface area is 184 Å². The van der Waals surface area contributed by atoms with E-state index in [-0.39, 0.29) is 35.1 Å². The fraction of sp³-hybridized carbons (Fsp3) is 0.120. The van der Waals surface area contributed by atoms with Crippen LogP contribution in [0, 0.1) is 0 Å². The minimum atomic E-state index is -1.18. The number of aromatic nitrogens is 2. The zero-order valence-corrected chi connectivity index (χ0v) is 17.1. The molecule has 7 nitrogen and oxygen atoms in total. The maximum Gasteiger partial charge on any atom is 0.355 e. The van der Waals surface area contributed by atoms with Crippen LogP contribution in [0.4, 0.5) is 0 Å². The van der Waals surface area contributed by atoms with E-state index in [0.29, 0.717) is 13.0 Å². The number of carbonyl (C=O) groups excluding carboxylic acids is 1. The van der Waals surface area contributed by atoms with E-state index in [1.54, 1.807) is 12.1 Å². The fourth-order valence-electron chi connectivity index (χ4n) is 3.15. The van der Waals surface area contributed by atoms with Crippen molar-refractivity contribution < 1.29 is 23.8 Å². The van der Waals surface area contributed by atoms with E-state index >= 15 is 0 Å². The molecule has 0 saturated heterocycles. The Balaban J connectivity index is 1.34. The molecule has 0 unspecified atom stereocenters. The third-order valence-electron chi connectivity index (χ3n) is 4.83. The molecule has 0 radical (unpaired) electrons. The second-order valence-corrected chi connectivity index (χ2v) is 7.08. The summed E-state index contributed by atoms with van der Waals surface area (Å²) in [6.45, 7) is 0.467. The van der Waals surface area contributed by atoms with Crippen LogP contribution in [0.2, 0.25) is 0 Å². The number of nitrogens with zero attached hydrogens (tertiary/aromatic N) is 2. The third-order valence-corrected chi connectivity index (χ3v) is 4.83. The quantitative estimate of drug-likeness (QED) is 0.381. The number of ketones is 1. The van der Waals surface area contributed by atoms with Crippen LogP contribution in [0.25, 0.3) is 11.3 Å². The molecular weight excluding hydrogens is 408 g/mol. The molecule has 2 aromatic heterocycles. The highest BCUT2D eigenvalue weighted by molar-refractivity contribution is 5.94. The standard InChI is InChI=1S/C25H20N2O5/c28-21(24-27-15-22(32-24)20-7-4-14-26-23(20)25(29)30)13-12-17-8-10-18(11-9-17)16-31-19-5-2-1-3-6-19/h1-11,14-15H,12-13,16H2,(H,29,30). The Morgan fingerprint density at radius 2 is 1.66 bits per heavy atom. The van der Waals surface area contributed by atoms with Crippen molar-refractivity contribution in [1.82, 2.24) is 9.97 Å². The van der Waals surface area contributed by atoms with Gasteiger partial charge in [-0.15, -0.1) is 0 Å². The number of carboxylic acid groups (broad SMARTS) is 1. The van der Waals surface area contributed by atoms with Gasteiger partial charge in [0.05, 0.1) is 11.8 Å². The topological polar surface area (TPSA) is 103 Å². The summed E-state index contributed by atoms with van der Waals surface area (Å²) in [7, 11) is 0. The van der Waals surface area contributed by atoms with Gasteiger partial charge in [-0.1, -0.05) is 42.5 Å². The predicted octanol–water partition coefficient (Wildman–Crippen LogP) is 4.83. The number of aromatic carboxylic acids is 1. The molecule has 0 spiro atoms. The van der Waals surface area contributed by atoms with Crippen LogP contribution in [-0.4, -0.2) is 26.8 Å². The number of Topliss-reactive ketones (excluding diaryl/α,β-unsaturated/α-hetero) is 1. The first-order valence-electron chi connectivity index (χ1n) is 10.0. The van der Waals surface area contributed by atoms with Crippen LogP contribution in [0.1, 0.15) is 38.7 Å². The molecule has 0 aliphatic carbocycles. The van der Waals surface area contributed by atoms with Crippen molar-refractivity contribution in [3.63, 3.8) is 0 Å². The molecule has 0 atom stereocenters. The van der Waals surface area contributed by atoms with Gasteiger partial charge in [0.1, 0.15) is 12.4 Å². The second-order valence-electron chi connectivity index (χ2n) is 7.08. The molecule has 0 saturated carbocycles. The average molecular weight is 428 g/mol. The Bertz CT molecular complexity index is 1220. The van der Waals surface area contributed by atoms with Gasteiger partial charge in [-0.2, -0.15) is 0 Å². The van der Waals surface area contributed by atoms with E-state index in [4.69, 9.17) is 9.15 Å². The number of hydrogen-bond acceptors (Lipinski definition) is 6. The molecular formula is C25H20N2O5. The number of rotatable bonds is 9. The summed E-state index contributed by atoms with van der Waals surface area (Å²) in [5.74, 6) is -0.472. The van der Waals surface area contributed by atoms with E-state index in [1.165, 1.54) is 12.4 Å². The van der Waals surface area contributed by atoms with Crippen molar-refractivity contribution in [3.05, 3.63) is 102 Å². The highest BCUT2D eigenvalue weighted by atomic mass is 16.5. The summed E-state index contributed by atoms with van der Waals surface area (Å²) in [6.07, 6.45) is 3.48. The molecule has 4 aromatic rings. The smallest absolute Gasteiger partial charge is 0.355 e. The lowest BCUT2D eigenvalue weighted by molar-refractivity contribution is 0.0691. The van der Waals surface area contributed by atoms with Crippen LogP contribution < -0.4 is 4.74 Å². The number of pyridine rings is 1. The van der Waals surface area contributed by atoms with Crippen LogP contribution in [0.3, 0.4) is 0 Å². The van der Waals surface area contributed by atoms with Gasteiger partial charge in [0, 0.05) is 12.6 Å². The molecule has 7 heteroatoms. The minimum Gasteiger partial charge on any atom is -0.489 e. The van der Waals surface area contributed by atoms with Gasteiger partial charge in [0.15, 0.2) is 11.5 Å². The molecule has 1 N–H and O–H groups in total. The van der Waals surface area contributed by atoms with E-state index < -0.39 is 5.97 Å². The number of hydrogen-bond donors (Lipinski definition) is 1. The highest BCUT2D eigenvalue weighted by Crippen LogP contribution is 2.24. The fourth-order valence-corrected chi connectivity index (χ4v) is 3.15. The maximum absolute atomic E-state index is 12.5. The van der Waals surface area contributed by atoms with Crippen LogP contribution >= 0.6 is 0 Å². The predicted molar refractivity (Wildman–Crippen MR) is 117 cm³/mol. The van der Waals surface area contributed by atoms with Gasteiger partial charge >= 0.3 is 5.97 Å². The lowest BCUT2D eigenvalue weighted by atomic mass is 10.1. The van der Waals surface area contributed by atoms with E-state index in [0.717, 1.165) is 16.9 Å². The molecule has 32 heavy (non-hydrogen) atoms. The number of carboxylic acids is 1. The van der Waals surface area contributed by atoms with E-state index in [9.17, 15) is 14.7 Å². The van der Waals surface area contributed by atoms with Gasteiger partial charge in [0.25, 0.3) is 5.89 Å². The molecule has 0 fully saturated rings. The van der Waals surface area contributed by atoms with Gasteiger partial charge in [0.2, 0.25) is 5.78 Å².